The molecule has 4 rings (SSSR count). The first-order valence-corrected chi connectivity index (χ1v) is 9.78. The van der Waals surface area contributed by atoms with Gasteiger partial charge in [-0.15, -0.1) is 0 Å². The Morgan fingerprint density at radius 1 is 0.933 bits per heavy atom. The molecule has 3 aromatic rings. The van der Waals surface area contributed by atoms with Crippen molar-refractivity contribution in [1.29, 1.82) is 0 Å². The van der Waals surface area contributed by atoms with Crippen molar-refractivity contribution in [2.75, 3.05) is 19.5 Å². The molecule has 0 saturated carbocycles. The Morgan fingerprint density at radius 3 is 2.40 bits per heavy atom. The van der Waals surface area contributed by atoms with Gasteiger partial charge in [0.2, 0.25) is 0 Å². The van der Waals surface area contributed by atoms with Crippen LogP contribution in [0.5, 0.6) is 5.75 Å². The quantitative estimate of drug-likeness (QED) is 0.485. The molecule has 1 N–H and O–H groups in total. The molecule has 0 spiro atoms. The number of carbonyl (C=O) groups excluding carboxylic acids is 2. The number of anilines is 1. The summed E-state index contributed by atoms with van der Waals surface area (Å²) in [6, 6.07) is 24.2. The van der Waals surface area contributed by atoms with Gasteiger partial charge in [0.05, 0.1) is 14.2 Å². The molecule has 0 bridgehead atoms. The molecule has 2 atom stereocenters. The van der Waals surface area contributed by atoms with Gasteiger partial charge in [0, 0.05) is 23.6 Å². The summed E-state index contributed by atoms with van der Waals surface area (Å²) < 4.78 is 10.6. The van der Waals surface area contributed by atoms with Crippen LogP contribution in [0.25, 0.3) is 0 Å². The number of hydrogen-bond acceptors (Lipinski definition) is 5. The minimum absolute atomic E-state index is 0.0322. The maximum atomic E-state index is 13.3. The molecule has 0 aliphatic carbocycles. The van der Waals surface area contributed by atoms with E-state index in [0.29, 0.717) is 16.9 Å². The summed E-state index contributed by atoms with van der Waals surface area (Å²) in [5.74, 6) is -0.296. The van der Waals surface area contributed by atoms with Gasteiger partial charge in [0.1, 0.15) is 5.75 Å². The van der Waals surface area contributed by atoms with Crippen LogP contribution in [-0.2, 0) is 15.1 Å². The van der Waals surface area contributed by atoms with Crippen molar-refractivity contribution in [2.24, 2.45) is 0 Å². The molecule has 0 amide bonds. The van der Waals surface area contributed by atoms with Gasteiger partial charge in [0.25, 0.3) is 0 Å². The number of rotatable bonds is 6. The van der Waals surface area contributed by atoms with Crippen molar-refractivity contribution < 1.29 is 19.1 Å². The highest BCUT2D eigenvalue weighted by atomic mass is 16.5. The SMILES string of the molecule is COC(=O)[C@@]1(c2cccc(OC)c2)Nc2ccccc2[C@@H]1CC(=O)c1ccccc1. The standard InChI is InChI=1S/C25H23NO4/c1-29-19-12-8-11-18(15-19)25(24(28)30-2)21(20-13-6-7-14-22(20)26-25)16-23(27)17-9-4-3-5-10-17/h3-15,21,26H,16H2,1-2H3/t21-,25-/m0/s1. The number of fused-ring (bicyclic) bond motifs is 1. The Balaban J connectivity index is 1.86. The van der Waals surface area contributed by atoms with Crippen molar-refractivity contribution in [1.82, 2.24) is 0 Å². The summed E-state index contributed by atoms with van der Waals surface area (Å²) in [6.07, 6.45) is 0.153. The highest BCUT2D eigenvalue weighted by Gasteiger charge is 2.54. The van der Waals surface area contributed by atoms with Crippen molar-refractivity contribution >= 4 is 17.4 Å². The van der Waals surface area contributed by atoms with E-state index in [1.807, 2.05) is 66.7 Å². The molecule has 0 radical (unpaired) electrons. The average molecular weight is 401 g/mol. The number of carbonyl (C=O) groups is 2. The van der Waals surface area contributed by atoms with Crippen LogP contribution >= 0.6 is 0 Å². The third-order valence-electron chi connectivity index (χ3n) is 5.71. The van der Waals surface area contributed by atoms with E-state index in [0.717, 1.165) is 11.3 Å². The molecule has 0 saturated heterocycles. The summed E-state index contributed by atoms with van der Waals surface area (Å²) in [6.45, 7) is 0. The van der Waals surface area contributed by atoms with Crippen LogP contribution in [0.3, 0.4) is 0 Å². The van der Waals surface area contributed by atoms with E-state index in [1.165, 1.54) is 7.11 Å². The smallest absolute Gasteiger partial charge is 0.336 e. The summed E-state index contributed by atoms with van der Waals surface area (Å²) in [4.78, 5) is 26.5. The van der Waals surface area contributed by atoms with Crippen LogP contribution in [0, 0.1) is 0 Å². The second kappa shape index (κ2) is 8.03. The predicted octanol–water partition coefficient (Wildman–Crippen LogP) is 4.55. The summed E-state index contributed by atoms with van der Waals surface area (Å²) in [5, 5.41) is 3.39. The second-order valence-corrected chi connectivity index (χ2v) is 7.29. The van der Waals surface area contributed by atoms with Crippen LogP contribution in [-0.4, -0.2) is 26.0 Å². The number of hydrogen-bond donors (Lipinski definition) is 1. The molecule has 5 nitrogen and oxygen atoms in total. The topological polar surface area (TPSA) is 64.6 Å². The predicted molar refractivity (Wildman–Crippen MR) is 115 cm³/mol. The van der Waals surface area contributed by atoms with Gasteiger partial charge in [-0.3, -0.25) is 4.79 Å². The van der Waals surface area contributed by atoms with Crippen molar-refractivity contribution in [3.63, 3.8) is 0 Å². The van der Waals surface area contributed by atoms with Gasteiger partial charge in [-0.25, -0.2) is 4.79 Å². The minimum atomic E-state index is -1.24. The lowest BCUT2D eigenvalue weighted by Crippen LogP contribution is -2.46. The van der Waals surface area contributed by atoms with Crippen LogP contribution in [0.15, 0.2) is 78.9 Å². The fraction of sp³-hybridized carbons (Fsp3) is 0.200. The highest BCUT2D eigenvalue weighted by Crippen LogP contribution is 2.51. The lowest BCUT2D eigenvalue weighted by Gasteiger charge is -2.34. The number of methoxy groups -OCH3 is 2. The fourth-order valence-corrected chi connectivity index (χ4v) is 4.25. The number of ether oxygens (including phenoxy) is 2. The largest absolute Gasteiger partial charge is 0.497 e. The molecule has 0 fully saturated rings. The number of ketones is 1. The van der Waals surface area contributed by atoms with Crippen molar-refractivity contribution in [3.05, 3.63) is 95.6 Å². The maximum Gasteiger partial charge on any atom is 0.336 e. The van der Waals surface area contributed by atoms with Crippen LogP contribution in [0.2, 0.25) is 0 Å². The van der Waals surface area contributed by atoms with E-state index in [-0.39, 0.29) is 12.2 Å². The van der Waals surface area contributed by atoms with E-state index >= 15 is 0 Å². The molecule has 152 valence electrons. The Morgan fingerprint density at radius 2 is 1.67 bits per heavy atom. The third-order valence-corrected chi connectivity index (χ3v) is 5.71. The first-order chi connectivity index (χ1) is 14.6. The van der Waals surface area contributed by atoms with E-state index in [1.54, 1.807) is 19.2 Å². The van der Waals surface area contributed by atoms with Crippen molar-refractivity contribution in [3.8, 4) is 5.75 Å². The zero-order valence-corrected chi connectivity index (χ0v) is 16.9. The molecule has 30 heavy (non-hydrogen) atoms. The van der Waals surface area contributed by atoms with Crippen molar-refractivity contribution in [2.45, 2.75) is 17.9 Å². The molecular formula is C25H23NO4. The summed E-state index contributed by atoms with van der Waals surface area (Å²) in [5.41, 5.74) is 1.80. The molecule has 3 aromatic carbocycles. The maximum absolute atomic E-state index is 13.3. The molecule has 0 unspecified atom stereocenters. The van der Waals surface area contributed by atoms with Crippen LogP contribution in [0.1, 0.15) is 33.8 Å². The second-order valence-electron chi connectivity index (χ2n) is 7.29. The van der Waals surface area contributed by atoms with Gasteiger partial charge in [-0.1, -0.05) is 60.7 Å². The number of esters is 1. The van der Waals surface area contributed by atoms with E-state index in [4.69, 9.17) is 9.47 Å². The zero-order valence-electron chi connectivity index (χ0n) is 16.9. The molecule has 1 aliphatic rings. The zero-order chi connectivity index (χ0) is 21.1. The molecule has 1 heterocycles. The van der Waals surface area contributed by atoms with Gasteiger partial charge in [0.15, 0.2) is 11.3 Å². The van der Waals surface area contributed by atoms with E-state index < -0.39 is 17.4 Å². The van der Waals surface area contributed by atoms with E-state index in [9.17, 15) is 9.59 Å². The normalized spacial score (nSPS) is 19.5. The molecule has 0 aromatic heterocycles. The third kappa shape index (κ3) is 3.22. The Labute approximate surface area is 175 Å². The monoisotopic (exact) mass is 401 g/mol. The number of para-hydroxylation sites is 1. The Bertz CT molecular complexity index is 1080. The molecule has 5 heteroatoms. The first-order valence-electron chi connectivity index (χ1n) is 9.78. The Hall–Kier alpha value is -3.60. The Kier molecular flexibility index (Phi) is 5.27. The number of nitrogens with one attached hydrogen (secondary N) is 1. The van der Waals surface area contributed by atoms with Crippen LogP contribution in [0.4, 0.5) is 5.69 Å². The van der Waals surface area contributed by atoms with Gasteiger partial charge in [-0.2, -0.15) is 0 Å². The summed E-state index contributed by atoms with van der Waals surface area (Å²) in [7, 11) is 2.95. The van der Waals surface area contributed by atoms with Gasteiger partial charge in [-0.05, 0) is 29.3 Å². The highest BCUT2D eigenvalue weighted by molar-refractivity contribution is 5.99. The van der Waals surface area contributed by atoms with Gasteiger partial charge < -0.3 is 14.8 Å². The lowest BCUT2D eigenvalue weighted by molar-refractivity contribution is -0.147. The molecular weight excluding hydrogens is 378 g/mol. The first kappa shape index (κ1) is 19.7. The summed E-state index contributed by atoms with van der Waals surface area (Å²) >= 11 is 0. The average Bonchev–Trinajstić information content (AvgIpc) is 3.14. The number of Topliss-reactive ketones (excluding diaryl/α,β-unsaturated/α-hetero) is 1. The molecule has 1 aliphatic heterocycles. The lowest BCUT2D eigenvalue weighted by atomic mass is 9.74. The minimum Gasteiger partial charge on any atom is -0.497 e. The van der Waals surface area contributed by atoms with Gasteiger partial charge >= 0.3 is 5.97 Å². The number of benzene rings is 3. The fourth-order valence-electron chi connectivity index (χ4n) is 4.25. The van der Waals surface area contributed by atoms with Crippen LogP contribution < -0.4 is 10.1 Å². The van der Waals surface area contributed by atoms with E-state index in [2.05, 4.69) is 5.32 Å².